The molecule has 4 nitrogen and oxygen atoms in total. The third-order valence-corrected chi connectivity index (χ3v) is 23.4. The molecular weight excluding hydrogens is 1260 g/mol. The standard InChI is InChI=1S/C94H83BN4S2/c1-91(2,3)63-36-44-67(45-37-63)96(68-46-38-64(39-47-68)92(4,5)6)71-52-53-77-81(56-71)99(80-54-35-62(60-25-15-13-16-26-60)55-76(80)61-27-17-14-18-28-61)83-57-72(98-78-32-22-19-29-73(78)74-30-20-23-33-79(74)98)58-85-88(83)95(77)89-86(100-85)59-82(87-75-31-21-24-34-84(75)101-90(87)89)97(69-48-40-65(41-49-69)93(7,8)9)70-50-42-66(43-51-70)94(10,11)12/h13-59H,1-12H3. The average Bonchev–Trinajstić information content (AvgIpc) is 1.67. The van der Waals surface area contributed by atoms with Gasteiger partial charge in [0.15, 0.2) is 0 Å². The maximum atomic E-state index is 2.67. The van der Waals surface area contributed by atoms with E-state index in [9.17, 15) is 0 Å². The van der Waals surface area contributed by atoms with E-state index in [1.807, 2.05) is 23.1 Å². The third-order valence-electron chi connectivity index (χ3n) is 21.1. The van der Waals surface area contributed by atoms with Crippen LogP contribution >= 0.6 is 23.1 Å². The summed E-state index contributed by atoms with van der Waals surface area (Å²) in [5, 5.41) is 4.99. The van der Waals surface area contributed by atoms with Gasteiger partial charge in [-0.2, -0.15) is 0 Å². The minimum absolute atomic E-state index is 0.0175. The van der Waals surface area contributed by atoms with Gasteiger partial charge in [-0.15, -0.1) is 11.3 Å². The summed E-state index contributed by atoms with van der Waals surface area (Å²) in [6, 6.07) is 109. The first kappa shape index (κ1) is 64.1. The summed E-state index contributed by atoms with van der Waals surface area (Å²) in [6.07, 6.45) is 0. The lowest BCUT2D eigenvalue weighted by Crippen LogP contribution is -2.60. The molecule has 0 bridgehead atoms. The van der Waals surface area contributed by atoms with Crippen molar-refractivity contribution in [3.63, 3.8) is 0 Å². The van der Waals surface area contributed by atoms with E-state index in [-0.39, 0.29) is 28.4 Å². The number of hydrogen-bond donors (Lipinski definition) is 0. The molecule has 13 aromatic carbocycles. The van der Waals surface area contributed by atoms with Crippen molar-refractivity contribution >= 4 is 139 Å². The molecule has 2 aliphatic rings. The molecule has 0 fully saturated rings. The van der Waals surface area contributed by atoms with Crippen LogP contribution in [0.15, 0.2) is 295 Å². The van der Waals surface area contributed by atoms with Crippen LogP contribution in [-0.2, 0) is 21.7 Å². The highest BCUT2D eigenvalue weighted by Gasteiger charge is 2.45. The quantitative estimate of drug-likeness (QED) is 0.127. The Kier molecular flexibility index (Phi) is 15.4. The number of benzene rings is 13. The van der Waals surface area contributed by atoms with E-state index in [1.54, 1.807) is 0 Å². The molecule has 4 heterocycles. The minimum Gasteiger partial charge on any atom is -0.311 e. The van der Waals surface area contributed by atoms with Crippen LogP contribution in [0.2, 0.25) is 0 Å². The predicted molar refractivity (Wildman–Crippen MR) is 439 cm³/mol. The van der Waals surface area contributed by atoms with E-state index in [2.05, 4.69) is 387 Å². The third kappa shape index (κ3) is 11.2. The van der Waals surface area contributed by atoms with Crippen molar-refractivity contribution in [1.29, 1.82) is 0 Å². The zero-order valence-electron chi connectivity index (χ0n) is 59.8. The summed E-state index contributed by atoms with van der Waals surface area (Å²) in [7, 11) is 0. The molecule has 0 spiro atoms. The van der Waals surface area contributed by atoms with Crippen LogP contribution in [0.5, 0.6) is 0 Å². The summed E-state index contributed by atoms with van der Waals surface area (Å²) in [4.78, 5) is 10.2. The highest BCUT2D eigenvalue weighted by atomic mass is 32.2. The molecule has 0 unspecified atom stereocenters. The van der Waals surface area contributed by atoms with Gasteiger partial charge in [0.1, 0.15) is 0 Å². The van der Waals surface area contributed by atoms with Crippen molar-refractivity contribution in [2.75, 3.05) is 14.7 Å². The molecule has 15 aromatic rings. The second kappa shape index (κ2) is 24.2. The molecule has 0 atom stereocenters. The fraction of sp³-hybridized carbons (Fsp3) is 0.170. The number of hydrogen-bond acceptors (Lipinski definition) is 5. The predicted octanol–water partition coefficient (Wildman–Crippen LogP) is 25.4. The van der Waals surface area contributed by atoms with Crippen LogP contribution in [0.4, 0.5) is 51.2 Å². The first-order chi connectivity index (χ1) is 48.6. The number of para-hydroxylation sites is 2. The Morgan fingerprint density at radius 1 is 0.337 bits per heavy atom. The van der Waals surface area contributed by atoms with Gasteiger partial charge in [0.2, 0.25) is 0 Å². The van der Waals surface area contributed by atoms with Gasteiger partial charge < -0.3 is 19.3 Å². The SMILES string of the molecule is CC(C)(C)c1ccc(N(c2ccc(C(C)(C)C)cc2)c2ccc3c(c2)N(c2ccc(-c4ccccc4)cc2-c2ccccc2)c2cc(-n4c5ccccc5c5ccccc54)cc4c2B3c2c(cc(N(c3ccc(C(C)(C)C)cc3)c3ccc(C(C)(C)C)cc3)c3c2sc2ccccc23)S4)cc1. The average molecular weight is 1340 g/mol. The number of nitrogens with zero attached hydrogens (tertiary/aromatic N) is 4. The number of aromatic nitrogens is 1. The van der Waals surface area contributed by atoms with Crippen molar-refractivity contribution in [2.45, 2.75) is 115 Å². The molecule has 7 heteroatoms. The Morgan fingerprint density at radius 3 is 1.32 bits per heavy atom. The topological polar surface area (TPSA) is 14.7 Å². The second-order valence-corrected chi connectivity index (χ2v) is 33.9. The van der Waals surface area contributed by atoms with Crippen molar-refractivity contribution in [3.8, 4) is 27.9 Å². The van der Waals surface area contributed by atoms with Crippen LogP contribution in [0, 0.1) is 0 Å². The van der Waals surface area contributed by atoms with E-state index in [1.165, 1.54) is 107 Å². The summed E-state index contributed by atoms with van der Waals surface area (Å²) in [5.74, 6) is 0. The van der Waals surface area contributed by atoms with Crippen molar-refractivity contribution < 1.29 is 0 Å². The molecule has 494 valence electrons. The zero-order valence-corrected chi connectivity index (χ0v) is 61.5. The molecule has 2 aliphatic heterocycles. The van der Waals surface area contributed by atoms with E-state index < -0.39 is 0 Å². The molecule has 0 saturated carbocycles. The van der Waals surface area contributed by atoms with Crippen LogP contribution in [-0.4, -0.2) is 11.3 Å². The minimum atomic E-state index is -0.187. The Morgan fingerprint density at radius 2 is 0.792 bits per heavy atom. The van der Waals surface area contributed by atoms with Crippen molar-refractivity contribution in [1.82, 2.24) is 4.57 Å². The molecule has 0 amide bonds. The second-order valence-electron chi connectivity index (χ2n) is 31.8. The van der Waals surface area contributed by atoms with Gasteiger partial charge in [-0.1, -0.05) is 271 Å². The normalized spacial score (nSPS) is 13.1. The van der Waals surface area contributed by atoms with Crippen molar-refractivity contribution in [3.05, 3.63) is 307 Å². The van der Waals surface area contributed by atoms with Crippen LogP contribution < -0.4 is 31.1 Å². The van der Waals surface area contributed by atoms with E-state index >= 15 is 0 Å². The van der Waals surface area contributed by atoms with Gasteiger partial charge in [-0.05, 0) is 186 Å². The Balaban J connectivity index is 0.998. The molecular formula is C94H83BN4S2. The number of anilines is 9. The highest BCUT2D eigenvalue weighted by Crippen LogP contribution is 2.53. The Hall–Kier alpha value is -10.3. The van der Waals surface area contributed by atoms with Crippen LogP contribution in [0.25, 0.3) is 69.9 Å². The molecule has 2 aromatic heterocycles. The molecule has 0 aliphatic carbocycles. The van der Waals surface area contributed by atoms with Crippen LogP contribution in [0.1, 0.15) is 105 Å². The lowest BCUT2D eigenvalue weighted by molar-refractivity contribution is 0.590. The lowest BCUT2D eigenvalue weighted by atomic mass is 9.34. The summed E-state index contributed by atoms with van der Waals surface area (Å²) in [5.41, 5.74) is 27.2. The van der Waals surface area contributed by atoms with E-state index in [0.29, 0.717) is 0 Å². The maximum Gasteiger partial charge on any atom is 0.251 e. The highest BCUT2D eigenvalue weighted by molar-refractivity contribution is 8.00. The number of thiophene rings is 1. The van der Waals surface area contributed by atoms with E-state index in [4.69, 9.17) is 0 Å². The molecule has 0 saturated heterocycles. The van der Waals surface area contributed by atoms with Crippen LogP contribution in [0.3, 0.4) is 0 Å². The lowest BCUT2D eigenvalue weighted by Gasteiger charge is -2.42. The van der Waals surface area contributed by atoms with Gasteiger partial charge in [0, 0.05) is 91.8 Å². The first-order valence-corrected chi connectivity index (χ1v) is 37.3. The molecule has 0 radical (unpaired) electrons. The molecule has 17 rings (SSSR count). The summed E-state index contributed by atoms with van der Waals surface area (Å²) >= 11 is 3.89. The van der Waals surface area contributed by atoms with Gasteiger partial charge in [-0.3, -0.25) is 0 Å². The molecule has 101 heavy (non-hydrogen) atoms. The number of rotatable bonds is 10. The zero-order chi connectivity index (χ0) is 69.4. The van der Waals surface area contributed by atoms with E-state index in [0.717, 1.165) is 62.3 Å². The monoisotopic (exact) mass is 1340 g/mol. The largest absolute Gasteiger partial charge is 0.311 e. The Bertz CT molecular complexity index is 5540. The van der Waals surface area contributed by atoms with Crippen molar-refractivity contribution in [2.24, 2.45) is 0 Å². The fourth-order valence-corrected chi connectivity index (χ4v) is 18.3. The maximum absolute atomic E-state index is 2.67. The fourth-order valence-electron chi connectivity index (χ4n) is 15.7. The summed E-state index contributed by atoms with van der Waals surface area (Å²) < 4.78 is 5.11. The molecule has 0 N–H and O–H groups in total. The summed E-state index contributed by atoms with van der Waals surface area (Å²) in [6.45, 7) is 27.5. The van der Waals surface area contributed by atoms with Gasteiger partial charge in [0.05, 0.1) is 22.4 Å². The number of fused-ring (bicyclic) bond motifs is 11. The smallest absolute Gasteiger partial charge is 0.251 e. The van der Waals surface area contributed by atoms with Gasteiger partial charge in [0.25, 0.3) is 6.71 Å². The van der Waals surface area contributed by atoms with Gasteiger partial charge in [-0.25, -0.2) is 0 Å². The van der Waals surface area contributed by atoms with Gasteiger partial charge >= 0.3 is 0 Å². The Labute approximate surface area is 604 Å². The first-order valence-electron chi connectivity index (χ1n) is 35.7.